The molecule has 0 aliphatic carbocycles. The average Bonchev–Trinajstić information content (AvgIpc) is 2.66. The van der Waals surface area contributed by atoms with E-state index in [-0.39, 0.29) is 12.1 Å². The second-order valence-corrected chi connectivity index (χ2v) is 3.41. The summed E-state index contributed by atoms with van der Waals surface area (Å²) in [6.45, 7) is 3.23. The largest absolute Gasteiger partial charge is 0.494 e. The van der Waals surface area contributed by atoms with Gasteiger partial charge in [0, 0.05) is 6.54 Å². The number of ether oxygens (including phenoxy) is 1. The first kappa shape index (κ1) is 9.83. The van der Waals surface area contributed by atoms with Gasteiger partial charge in [0.15, 0.2) is 0 Å². The predicted octanol–water partition coefficient (Wildman–Crippen LogP) is 1.44. The summed E-state index contributed by atoms with van der Waals surface area (Å²) in [7, 11) is 0. The fourth-order valence-electron chi connectivity index (χ4n) is 1.64. The van der Waals surface area contributed by atoms with Gasteiger partial charge in [-0.25, -0.2) is 4.79 Å². The zero-order chi connectivity index (χ0) is 10.7. The van der Waals surface area contributed by atoms with Gasteiger partial charge in [0.2, 0.25) is 0 Å². The number of urea groups is 1. The maximum atomic E-state index is 11.0. The van der Waals surface area contributed by atoms with Crippen molar-refractivity contribution in [3.05, 3.63) is 29.8 Å². The van der Waals surface area contributed by atoms with E-state index < -0.39 is 0 Å². The first-order valence-electron chi connectivity index (χ1n) is 5.06. The normalized spacial score (nSPS) is 19.5. The molecule has 0 bridgehead atoms. The summed E-state index contributed by atoms with van der Waals surface area (Å²) in [6.07, 6.45) is 0. The monoisotopic (exact) mass is 206 g/mol. The van der Waals surface area contributed by atoms with Crippen LogP contribution in [-0.4, -0.2) is 19.2 Å². The van der Waals surface area contributed by atoms with Crippen molar-refractivity contribution in [2.45, 2.75) is 13.0 Å². The van der Waals surface area contributed by atoms with Crippen LogP contribution in [0.4, 0.5) is 4.79 Å². The molecule has 2 amide bonds. The van der Waals surface area contributed by atoms with Crippen LogP contribution in [0.25, 0.3) is 0 Å². The summed E-state index contributed by atoms with van der Waals surface area (Å²) >= 11 is 0. The maximum Gasteiger partial charge on any atom is 0.315 e. The Hall–Kier alpha value is -1.71. The molecule has 1 aromatic rings. The molecule has 2 N–H and O–H groups in total. The van der Waals surface area contributed by atoms with E-state index in [1.54, 1.807) is 0 Å². The molecule has 1 aliphatic rings. The molecule has 1 fully saturated rings. The van der Waals surface area contributed by atoms with Crippen molar-refractivity contribution in [2.75, 3.05) is 13.2 Å². The molecule has 0 aromatic heterocycles. The second-order valence-electron chi connectivity index (χ2n) is 3.41. The number of amides is 2. The van der Waals surface area contributed by atoms with E-state index in [4.69, 9.17) is 4.74 Å². The minimum atomic E-state index is -0.109. The van der Waals surface area contributed by atoms with Crippen LogP contribution >= 0.6 is 0 Å². The Kier molecular flexibility index (Phi) is 2.76. The zero-order valence-electron chi connectivity index (χ0n) is 8.62. The first-order chi connectivity index (χ1) is 7.29. The fourth-order valence-corrected chi connectivity index (χ4v) is 1.64. The van der Waals surface area contributed by atoms with Gasteiger partial charge < -0.3 is 15.4 Å². The molecule has 0 radical (unpaired) electrons. The van der Waals surface area contributed by atoms with E-state index in [9.17, 15) is 4.79 Å². The minimum absolute atomic E-state index is 0.0536. The van der Waals surface area contributed by atoms with E-state index in [0.29, 0.717) is 13.2 Å². The van der Waals surface area contributed by atoms with Crippen molar-refractivity contribution >= 4 is 6.03 Å². The van der Waals surface area contributed by atoms with E-state index >= 15 is 0 Å². The SMILES string of the molecule is CCOc1cccc([C@@H]2CNC(=O)N2)c1. The lowest BCUT2D eigenvalue weighted by atomic mass is 10.1. The Morgan fingerprint density at radius 1 is 1.53 bits per heavy atom. The number of benzene rings is 1. The number of carbonyl (C=O) groups excluding carboxylic acids is 1. The Balaban J connectivity index is 2.14. The Morgan fingerprint density at radius 2 is 2.40 bits per heavy atom. The van der Waals surface area contributed by atoms with Gasteiger partial charge in [0.1, 0.15) is 5.75 Å². The predicted molar refractivity (Wildman–Crippen MR) is 56.9 cm³/mol. The minimum Gasteiger partial charge on any atom is -0.494 e. The van der Waals surface area contributed by atoms with Gasteiger partial charge in [-0.2, -0.15) is 0 Å². The molecule has 80 valence electrons. The van der Waals surface area contributed by atoms with Crippen LogP contribution in [0.5, 0.6) is 5.75 Å². The van der Waals surface area contributed by atoms with Gasteiger partial charge in [-0.05, 0) is 24.6 Å². The van der Waals surface area contributed by atoms with Crippen LogP contribution in [0.2, 0.25) is 0 Å². The zero-order valence-corrected chi connectivity index (χ0v) is 8.62. The lowest BCUT2D eigenvalue weighted by Gasteiger charge is -2.10. The highest BCUT2D eigenvalue weighted by Gasteiger charge is 2.21. The number of carbonyl (C=O) groups is 1. The van der Waals surface area contributed by atoms with E-state index in [1.165, 1.54) is 0 Å². The first-order valence-corrected chi connectivity index (χ1v) is 5.06. The third-order valence-corrected chi connectivity index (χ3v) is 2.34. The smallest absolute Gasteiger partial charge is 0.315 e. The summed E-state index contributed by atoms with van der Waals surface area (Å²) in [5.74, 6) is 0.844. The Labute approximate surface area is 88.6 Å². The van der Waals surface area contributed by atoms with Crippen molar-refractivity contribution in [1.29, 1.82) is 0 Å². The van der Waals surface area contributed by atoms with E-state index in [1.807, 2.05) is 31.2 Å². The van der Waals surface area contributed by atoms with E-state index in [0.717, 1.165) is 11.3 Å². The molecular weight excluding hydrogens is 192 g/mol. The molecule has 4 heteroatoms. The molecule has 0 unspecified atom stereocenters. The molecule has 1 saturated heterocycles. The van der Waals surface area contributed by atoms with Gasteiger partial charge in [-0.3, -0.25) is 0 Å². The van der Waals surface area contributed by atoms with Crippen molar-refractivity contribution < 1.29 is 9.53 Å². The number of hydrogen-bond acceptors (Lipinski definition) is 2. The third-order valence-electron chi connectivity index (χ3n) is 2.34. The van der Waals surface area contributed by atoms with Crippen molar-refractivity contribution in [3.63, 3.8) is 0 Å². The van der Waals surface area contributed by atoms with Gasteiger partial charge in [0.05, 0.1) is 12.6 Å². The van der Waals surface area contributed by atoms with Crippen LogP contribution in [-0.2, 0) is 0 Å². The quantitative estimate of drug-likeness (QED) is 0.786. The maximum absolute atomic E-state index is 11.0. The van der Waals surface area contributed by atoms with Crippen molar-refractivity contribution in [3.8, 4) is 5.75 Å². The van der Waals surface area contributed by atoms with Gasteiger partial charge >= 0.3 is 6.03 Å². The molecule has 1 aromatic carbocycles. The van der Waals surface area contributed by atoms with Gasteiger partial charge in [-0.1, -0.05) is 12.1 Å². The molecule has 4 nitrogen and oxygen atoms in total. The van der Waals surface area contributed by atoms with Crippen LogP contribution in [0, 0.1) is 0 Å². The van der Waals surface area contributed by atoms with Crippen LogP contribution in [0.15, 0.2) is 24.3 Å². The number of rotatable bonds is 3. The van der Waals surface area contributed by atoms with Crippen LogP contribution in [0.3, 0.4) is 0 Å². The highest BCUT2D eigenvalue weighted by atomic mass is 16.5. The number of hydrogen-bond donors (Lipinski definition) is 2. The topological polar surface area (TPSA) is 50.4 Å². The summed E-state index contributed by atoms with van der Waals surface area (Å²) < 4.78 is 5.40. The molecule has 1 atom stereocenters. The summed E-state index contributed by atoms with van der Waals surface area (Å²) in [5, 5.41) is 5.56. The highest BCUT2D eigenvalue weighted by Crippen LogP contribution is 2.20. The van der Waals surface area contributed by atoms with E-state index in [2.05, 4.69) is 10.6 Å². The molecule has 1 heterocycles. The summed E-state index contributed by atoms with van der Waals surface area (Å²) in [6, 6.07) is 7.74. The lowest BCUT2D eigenvalue weighted by Crippen LogP contribution is -2.21. The highest BCUT2D eigenvalue weighted by molar-refractivity contribution is 5.76. The second kappa shape index (κ2) is 4.21. The standard InChI is InChI=1S/C11H14N2O2/c1-2-15-9-5-3-4-8(6-9)10-7-12-11(14)13-10/h3-6,10H,2,7H2,1H3,(H2,12,13,14)/t10-/m0/s1. The molecule has 1 aliphatic heterocycles. The average molecular weight is 206 g/mol. The van der Waals surface area contributed by atoms with Gasteiger partial charge in [-0.15, -0.1) is 0 Å². The number of nitrogens with one attached hydrogen (secondary N) is 2. The summed E-state index contributed by atoms with van der Waals surface area (Å²) in [4.78, 5) is 11.0. The third kappa shape index (κ3) is 2.21. The molecule has 0 spiro atoms. The fraction of sp³-hybridized carbons (Fsp3) is 0.364. The van der Waals surface area contributed by atoms with Crippen molar-refractivity contribution in [1.82, 2.24) is 10.6 Å². The Bertz CT molecular complexity index is 365. The Morgan fingerprint density at radius 3 is 3.07 bits per heavy atom. The molecular formula is C11H14N2O2. The van der Waals surface area contributed by atoms with Crippen molar-refractivity contribution in [2.24, 2.45) is 0 Å². The van der Waals surface area contributed by atoms with Gasteiger partial charge in [0.25, 0.3) is 0 Å². The molecule has 2 rings (SSSR count). The molecule has 15 heavy (non-hydrogen) atoms. The van der Waals surface area contributed by atoms with Crippen LogP contribution in [0.1, 0.15) is 18.5 Å². The lowest BCUT2D eigenvalue weighted by molar-refractivity contribution is 0.247. The van der Waals surface area contributed by atoms with Crippen LogP contribution < -0.4 is 15.4 Å². The molecule has 0 saturated carbocycles. The summed E-state index contributed by atoms with van der Waals surface area (Å²) in [5.41, 5.74) is 1.07.